The van der Waals surface area contributed by atoms with Gasteiger partial charge in [-0.2, -0.15) is 9.97 Å². The van der Waals surface area contributed by atoms with E-state index in [1.54, 1.807) is 4.90 Å². The smallest absolute Gasteiger partial charge is 0.319 e. The van der Waals surface area contributed by atoms with E-state index in [-0.39, 0.29) is 75.9 Å². The number of amides is 2. The highest BCUT2D eigenvalue weighted by atomic mass is 19.1. The summed E-state index contributed by atoms with van der Waals surface area (Å²) >= 11 is 0. The number of hydrogen-bond donors (Lipinski definition) is 1. The average Bonchev–Trinajstić information content (AvgIpc) is 3.82. The molecular weight excluding hydrogens is 724 g/mol. The largest absolute Gasteiger partial charge is 0.508 e. The first-order valence-electron chi connectivity index (χ1n) is 19.4. The molecule has 9 rings (SSSR count). The summed E-state index contributed by atoms with van der Waals surface area (Å²) in [6.07, 6.45) is 12.5. The first-order chi connectivity index (χ1) is 27.1. The SMILES string of the molecule is C#Cc1c(F)ccc2cc(O)cc(-c3ncc4c(N5CC6CCC(C5)N6C(=O)C5CCCN(C(=O)C=C)C5)nc(OC[C@@]56CCCN5C[C@H](F)C6)nc4c3F)c12. The number of carbonyl (C=O) groups is 2. The Bertz CT molecular complexity index is 2320. The molecule has 5 saturated heterocycles. The van der Waals surface area contributed by atoms with Crippen LogP contribution in [0.5, 0.6) is 11.8 Å². The molecule has 14 heteroatoms. The third-order valence-corrected chi connectivity index (χ3v) is 12.6. The van der Waals surface area contributed by atoms with Crippen LogP contribution in [0.15, 0.2) is 43.1 Å². The summed E-state index contributed by atoms with van der Waals surface area (Å²) in [5.74, 6) is 0.622. The van der Waals surface area contributed by atoms with E-state index in [1.165, 1.54) is 36.5 Å². The number of pyridine rings is 1. The Balaban J connectivity index is 1.10. The molecule has 5 fully saturated rings. The number of terminal acetylenes is 1. The van der Waals surface area contributed by atoms with Crippen LogP contribution in [0.4, 0.5) is 19.0 Å². The topological polar surface area (TPSA) is 115 Å². The van der Waals surface area contributed by atoms with Crippen molar-refractivity contribution in [1.82, 2.24) is 29.7 Å². The zero-order valence-corrected chi connectivity index (χ0v) is 30.9. The van der Waals surface area contributed by atoms with E-state index in [2.05, 4.69) is 27.4 Å². The highest BCUT2D eigenvalue weighted by Crippen LogP contribution is 2.43. The van der Waals surface area contributed by atoms with E-state index in [0.717, 1.165) is 38.6 Å². The van der Waals surface area contributed by atoms with E-state index in [1.807, 2.05) is 9.80 Å². The Labute approximate surface area is 322 Å². The molecule has 1 N–H and O–H groups in total. The number of aromatic hydroxyl groups is 1. The predicted octanol–water partition coefficient (Wildman–Crippen LogP) is 5.37. The number of ether oxygens (including phenoxy) is 1. The fraction of sp³-hybridized carbons (Fsp3) is 0.452. The number of benzene rings is 2. The van der Waals surface area contributed by atoms with Crippen LogP contribution >= 0.6 is 0 Å². The molecule has 290 valence electrons. The average molecular weight is 766 g/mol. The number of hydrogen-bond acceptors (Lipinski definition) is 9. The Morgan fingerprint density at radius 1 is 1.07 bits per heavy atom. The van der Waals surface area contributed by atoms with Gasteiger partial charge in [0.1, 0.15) is 41.4 Å². The molecule has 5 aliphatic rings. The van der Waals surface area contributed by atoms with Crippen LogP contribution < -0.4 is 9.64 Å². The number of likely N-dealkylation sites (tertiary alicyclic amines) is 1. The quantitative estimate of drug-likeness (QED) is 0.196. The van der Waals surface area contributed by atoms with E-state index >= 15 is 4.39 Å². The minimum Gasteiger partial charge on any atom is -0.508 e. The molecule has 7 heterocycles. The van der Waals surface area contributed by atoms with Crippen LogP contribution in [-0.2, 0) is 9.59 Å². The highest BCUT2D eigenvalue weighted by Gasteiger charge is 2.50. The Kier molecular flexibility index (Phi) is 9.03. The number of rotatable bonds is 7. The van der Waals surface area contributed by atoms with Crippen molar-refractivity contribution in [3.8, 4) is 35.4 Å². The van der Waals surface area contributed by atoms with E-state index in [9.17, 15) is 23.5 Å². The molecule has 3 unspecified atom stereocenters. The zero-order chi connectivity index (χ0) is 38.9. The number of piperidine rings is 1. The maximum absolute atomic E-state index is 17.1. The van der Waals surface area contributed by atoms with Crippen LogP contribution in [0, 0.1) is 29.9 Å². The van der Waals surface area contributed by atoms with Gasteiger partial charge >= 0.3 is 6.01 Å². The molecule has 5 atom stereocenters. The lowest BCUT2D eigenvalue weighted by Gasteiger charge is -2.44. The van der Waals surface area contributed by atoms with Gasteiger partial charge in [-0.05, 0) is 74.7 Å². The summed E-state index contributed by atoms with van der Waals surface area (Å²) in [6, 6.07) is 5.02. The molecule has 2 aromatic carbocycles. The lowest BCUT2D eigenvalue weighted by molar-refractivity contribution is -0.142. The van der Waals surface area contributed by atoms with Crippen molar-refractivity contribution in [1.29, 1.82) is 0 Å². The number of fused-ring (bicyclic) bond motifs is 5. The number of phenols is 1. The second kappa shape index (κ2) is 14.0. The number of nitrogens with zero attached hydrogens (tertiary/aromatic N) is 7. The number of alkyl halides is 1. The van der Waals surface area contributed by atoms with E-state index in [0.29, 0.717) is 62.2 Å². The normalized spacial score (nSPS) is 26.1. The first-order valence-corrected chi connectivity index (χ1v) is 19.4. The maximum atomic E-state index is 17.1. The summed E-state index contributed by atoms with van der Waals surface area (Å²) in [5, 5.41) is 11.6. The van der Waals surface area contributed by atoms with Crippen molar-refractivity contribution < 1.29 is 32.6 Å². The molecule has 5 aliphatic heterocycles. The molecule has 0 aliphatic carbocycles. The van der Waals surface area contributed by atoms with Crippen molar-refractivity contribution in [2.24, 2.45) is 5.92 Å². The number of phenolic OH excluding ortho intramolecular Hbond substituents is 1. The molecule has 2 bridgehead atoms. The fourth-order valence-electron chi connectivity index (χ4n) is 10.1. The predicted molar refractivity (Wildman–Crippen MR) is 204 cm³/mol. The summed E-state index contributed by atoms with van der Waals surface area (Å²) in [7, 11) is 0. The van der Waals surface area contributed by atoms with Crippen LogP contribution in [0.1, 0.15) is 50.5 Å². The van der Waals surface area contributed by atoms with Crippen LogP contribution in [0.2, 0.25) is 0 Å². The number of carbonyl (C=O) groups excluding carboxylic acids is 2. The van der Waals surface area contributed by atoms with Gasteiger partial charge in [-0.15, -0.1) is 6.42 Å². The van der Waals surface area contributed by atoms with Gasteiger partial charge in [0.25, 0.3) is 0 Å². The van der Waals surface area contributed by atoms with Gasteiger partial charge in [-0.1, -0.05) is 18.6 Å². The van der Waals surface area contributed by atoms with Crippen LogP contribution in [0.3, 0.4) is 0 Å². The van der Waals surface area contributed by atoms with Gasteiger partial charge in [-0.3, -0.25) is 19.5 Å². The lowest BCUT2D eigenvalue weighted by atomic mass is 9.95. The minimum absolute atomic E-state index is 0.0388. The van der Waals surface area contributed by atoms with E-state index < -0.39 is 23.3 Å². The summed E-state index contributed by atoms with van der Waals surface area (Å²) in [5.41, 5.74) is -0.798. The van der Waals surface area contributed by atoms with Crippen LogP contribution in [-0.4, -0.2) is 116 Å². The second-order valence-corrected chi connectivity index (χ2v) is 15.9. The van der Waals surface area contributed by atoms with Crippen molar-refractivity contribution >= 4 is 39.3 Å². The molecule has 11 nitrogen and oxygen atoms in total. The van der Waals surface area contributed by atoms with Crippen molar-refractivity contribution in [2.45, 2.75) is 68.7 Å². The Morgan fingerprint density at radius 2 is 1.88 bits per heavy atom. The van der Waals surface area contributed by atoms with Gasteiger partial charge in [0.2, 0.25) is 11.8 Å². The fourth-order valence-corrected chi connectivity index (χ4v) is 10.1. The number of piperazine rings is 1. The van der Waals surface area contributed by atoms with Crippen molar-refractivity contribution in [2.75, 3.05) is 50.8 Å². The molecule has 0 saturated carbocycles. The number of halogens is 3. The standard InChI is InChI=1S/C42H42F3N7O4/c1-3-30-33(44)11-8-24-15-29(53)16-31(35(24)30)37-36(45)38-32(18-46-37)39(48-41(47-38)56-23-42-12-6-14-51(42)20-26(43)17-42)50-21-27-9-10-28(22-50)52(27)40(55)25-7-5-13-49(19-25)34(54)4-2/h1,4,8,11,15-16,18,25-28,53H,2,5-7,9-10,12-14,17,19-23H2/t25?,26-,27?,28?,42+/m1/s1. The number of anilines is 1. The summed E-state index contributed by atoms with van der Waals surface area (Å²) in [6.45, 7) is 6.64. The van der Waals surface area contributed by atoms with Gasteiger partial charge in [-0.25, -0.2) is 13.2 Å². The number of aromatic nitrogens is 3. The minimum atomic E-state index is -0.971. The third kappa shape index (κ3) is 5.98. The molecule has 4 aromatic rings. The van der Waals surface area contributed by atoms with Gasteiger partial charge in [0.05, 0.1) is 22.4 Å². The highest BCUT2D eigenvalue weighted by molar-refractivity contribution is 6.03. The first kappa shape index (κ1) is 36.2. The molecule has 2 aromatic heterocycles. The summed E-state index contributed by atoms with van der Waals surface area (Å²) < 4.78 is 53.1. The van der Waals surface area contributed by atoms with Crippen LogP contribution in [0.25, 0.3) is 32.9 Å². The molecule has 0 spiro atoms. The third-order valence-electron chi connectivity index (χ3n) is 12.6. The van der Waals surface area contributed by atoms with Gasteiger partial charge in [0, 0.05) is 68.4 Å². The van der Waals surface area contributed by atoms with Gasteiger partial charge in [0.15, 0.2) is 5.82 Å². The molecule has 56 heavy (non-hydrogen) atoms. The molecule has 0 radical (unpaired) electrons. The summed E-state index contributed by atoms with van der Waals surface area (Å²) in [4.78, 5) is 48.2. The second-order valence-electron chi connectivity index (χ2n) is 15.9. The lowest BCUT2D eigenvalue weighted by Crippen LogP contribution is -2.58. The Hall–Kier alpha value is -5.42. The maximum Gasteiger partial charge on any atom is 0.319 e. The molecular formula is C42H42F3N7O4. The molecule has 2 amide bonds. The van der Waals surface area contributed by atoms with Crippen molar-refractivity contribution in [3.05, 3.63) is 60.3 Å². The van der Waals surface area contributed by atoms with E-state index in [4.69, 9.17) is 16.1 Å². The van der Waals surface area contributed by atoms with Gasteiger partial charge < -0.3 is 24.5 Å². The monoisotopic (exact) mass is 765 g/mol. The zero-order valence-electron chi connectivity index (χ0n) is 30.9. The van der Waals surface area contributed by atoms with Crippen molar-refractivity contribution in [3.63, 3.8) is 0 Å². The Morgan fingerprint density at radius 3 is 2.64 bits per heavy atom.